The summed E-state index contributed by atoms with van der Waals surface area (Å²) in [6.07, 6.45) is 1.33. The topological polar surface area (TPSA) is 49.9 Å². The van der Waals surface area contributed by atoms with Gasteiger partial charge in [-0.05, 0) is 25.0 Å². The number of rotatable bonds is 2. The number of benzene rings is 1. The number of fused-ring (bicyclic) bond motifs is 1. The fourth-order valence-corrected chi connectivity index (χ4v) is 6.11. The zero-order valence-electron chi connectivity index (χ0n) is 15.1. The molecule has 2 fully saturated rings. The molecule has 3 heterocycles. The molecule has 2 aliphatic heterocycles. The van der Waals surface area contributed by atoms with Crippen LogP contribution in [0.4, 0.5) is 0 Å². The summed E-state index contributed by atoms with van der Waals surface area (Å²) in [5.74, 6) is 0.0284. The average molecular weight is 462 g/mol. The van der Waals surface area contributed by atoms with E-state index in [4.69, 9.17) is 39.5 Å². The number of carbonyl (C=O) groups excluding carboxylic acids is 2. The predicted octanol–water partition coefficient (Wildman–Crippen LogP) is 4.57. The number of likely N-dealkylation sites (tertiary alicyclic amines) is 1. The molecule has 0 bridgehead atoms. The van der Waals surface area contributed by atoms with Crippen LogP contribution >= 0.6 is 46.1 Å². The van der Waals surface area contributed by atoms with Gasteiger partial charge in [0.05, 0.1) is 23.3 Å². The van der Waals surface area contributed by atoms with Crippen molar-refractivity contribution in [3.8, 4) is 0 Å². The van der Waals surface area contributed by atoms with Crippen molar-refractivity contribution in [2.45, 2.75) is 12.8 Å². The van der Waals surface area contributed by atoms with Gasteiger partial charge in [-0.1, -0.05) is 34.8 Å². The Morgan fingerprint density at radius 1 is 1.00 bits per heavy atom. The molecule has 4 rings (SSSR count). The Morgan fingerprint density at radius 3 is 2.36 bits per heavy atom. The predicted molar refractivity (Wildman–Crippen MR) is 113 cm³/mol. The number of hydrogen-bond acceptors (Lipinski definition) is 4. The van der Waals surface area contributed by atoms with Crippen molar-refractivity contribution >= 4 is 68.0 Å². The standard InChI is InChI=1S/C19H19Cl3N2O3S/c20-12-9-13(21)15-14(10-12)28-17(16(15)22)19(26)23-3-1-11(2-4-23)18(25)24-5-7-27-8-6-24/h9-11H,1-8H2. The molecule has 0 unspecified atom stereocenters. The van der Waals surface area contributed by atoms with Crippen LogP contribution in [0.1, 0.15) is 22.5 Å². The third-order valence-electron chi connectivity index (χ3n) is 5.30. The van der Waals surface area contributed by atoms with Crippen molar-refractivity contribution in [2.75, 3.05) is 39.4 Å². The highest BCUT2D eigenvalue weighted by Gasteiger charge is 2.32. The van der Waals surface area contributed by atoms with Gasteiger partial charge >= 0.3 is 0 Å². The van der Waals surface area contributed by atoms with E-state index in [1.807, 2.05) is 4.90 Å². The molecular weight excluding hydrogens is 443 g/mol. The van der Waals surface area contributed by atoms with Gasteiger partial charge in [-0.2, -0.15) is 0 Å². The lowest BCUT2D eigenvalue weighted by atomic mass is 9.95. The lowest BCUT2D eigenvalue weighted by molar-refractivity contribution is -0.141. The van der Waals surface area contributed by atoms with Crippen molar-refractivity contribution < 1.29 is 14.3 Å². The fourth-order valence-electron chi connectivity index (χ4n) is 3.76. The summed E-state index contributed by atoms with van der Waals surface area (Å²) < 4.78 is 6.11. The third-order valence-corrected chi connectivity index (χ3v) is 7.43. The summed E-state index contributed by atoms with van der Waals surface area (Å²) in [6.45, 7) is 3.58. The molecule has 0 spiro atoms. The molecule has 150 valence electrons. The molecule has 0 saturated carbocycles. The second kappa shape index (κ2) is 8.36. The van der Waals surface area contributed by atoms with Crippen LogP contribution in [0.5, 0.6) is 0 Å². The maximum absolute atomic E-state index is 13.0. The Balaban J connectivity index is 1.46. The SMILES string of the molecule is O=C(c1sc2cc(Cl)cc(Cl)c2c1Cl)N1CCC(C(=O)N2CCOCC2)CC1. The Labute approximate surface area is 182 Å². The van der Waals surface area contributed by atoms with E-state index in [-0.39, 0.29) is 17.7 Å². The summed E-state index contributed by atoms with van der Waals surface area (Å²) in [4.78, 5) is 29.8. The first-order chi connectivity index (χ1) is 13.5. The number of ether oxygens (including phenoxy) is 1. The molecule has 0 N–H and O–H groups in total. The number of amides is 2. The minimum Gasteiger partial charge on any atom is -0.378 e. The Hall–Kier alpha value is -1.05. The van der Waals surface area contributed by atoms with Crippen LogP contribution in [0.3, 0.4) is 0 Å². The molecule has 9 heteroatoms. The summed E-state index contributed by atoms with van der Waals surface area (Å²) >= 11 is 20.1. The van der Waals surface area contributed by atoms with Gasteiger partial charge in [-0.3, -0.25) is 9.59 Å². The first-order valence-corrected chi connectivity index (χ1v) is 11.1. The van der Waals surface area contributed by atoms with Crippen molar-refractivity contribution in [3.63, 3.8) is 0 Å². The minimum absolute atomic E-state index is 0.0340. The first-order valence-electron chi connectivity index (χ1n) is 9.18. The summed E-state index contributed by atoms with van der Waals surface area (Å²) in [7, 11) is 0. The fraction of sp³-hybridized carbons (Fsp3) is 0.474. The van der Waals surface area contributed by atoms with E-state index in [1.165, 1.54) is 11.3 Å². The van der Waals surface area contributed by atoms with Gasteiger partial charge in [0, 0.05) is 47.2 Å². The second-order valence-electron chi connectivity index (χ2n) is 7.01. The van der Waals surface area contributed by atoms with Gasteiger partial charge in [-0.15, -0.1) is 11.3 Å². The van der Waals surface area contributed by atoms with Crippen molar-refractivity contribution in [2.24, 2.45) is 5.92 Å². The number of carbonyl (C=O) groups is 2. The molecule has 0 radical (unpaired) electrons. The van der Waals surface area contributed by atoms with Crippen molar-refractivity contribution in [3.05, 3.63) is 32.1 Å². The molecule has 1 aromatic carbocycles. The van der Waals surface area contributed by atoms with E-state index < -0.39 is 0 Å². The van der Waals surface area contributed by atoms with Crippen molar-refractivity contribution in [1.82, 2.24) is 9.80 Å². The first kappa shape index (κ1) is 20.2. The van der Waals surface area contributed by atoms with E-state index in [0.717, 1.165) is 4.70 Å². The number of piperidine rings is 1. The van der Waals surface area contributed by atoms with E-state index in [9.17, 15) is 9.59 Å². The monoisotopic (exact) mass is 460 g/mol. The number of thiophene rings is 1. The van der Waals surface area contributed by atoms with Crippen LogP contribution in [-0.2, 0) is 9.53 Å². The molecule has 2 amide bonds. The van der Waals surface area contributed by atoms with Gasteiger partial charge in [0.25, 0.3) is 5.91 Å². The number of nitrogens with zero attached hydrogens (tertiary/aromatic N) is 2. The van der Waals surface area contributed by atoms with E-state index >= 15 is 0 Å². The molecule has 2 aromatic rings. The molecular formula is C19H19Cl3N2O3S. The van der Waals surface area contributed by atoms with Crippen LogP contribution in [-0.4, -0.2) is 61.0 Å². The zero-order chi connectivity index (χ0) is 19.8. The third kappa shape index (κ3) is 3.85. The van der Waals surface area contributed by atoms with Crippen LogP contribution < -0.4 is 0 Å². The zero-order valence-corrected chi connectivity index (χ0v) is 18.1. The van der Waals surface area contributed by atoms with Crippen LogP contribution in [0.2, 0.25) is 15.1 Å². The minimum atomic E-state index is -0.115. The van der Waals surface area contributed by atoms with E-state index in [2.05, 4.69) is 0 Å². The number of hydrogen-bond donors (Lipinski definition) is 0. The maximum atomic E-state index is 13.0. The normalized spacial score (nSPS) is 18.7. The van der Waals surface area contributed by atoms with Gasteiger partial charge in [0.2, 0.25) is 5.91 Å². The average Bonchev–Trinajstić information content (AvgIpc) is 3.04. The Kier molecular flexibility index (Phi) is 6.04. The van der Waals surface area contributed by atoms with E-state index in [1.54, 1.807) is 17.0 Å². The van der Waals surface area contributed by atoms with Crippen molar-refractivity contribution in [1.29, 1.82) is 0 Å². The second-order valence-corrected chi connectivity index (χ2v) is 9.28. The van der Waals surface area contributed by atoms with Gasteiger partial charge < -0.3 is 14.5 Å². The summed E-state index contributed by atoms with van der Waals surface area (Å²) in [5.41, 5.74) is 0. The lowest BCUT2D eigenvalue weighted by Gasteiger charge is -2.35. The molecule has 2 aliphatic rings. The van der Waals surface area contributed by atoms with E-state index in [0.29, 0.717) is 77.6 Å². The quantitative estimate of drug-likeness (QED) is 0.658. The molecule has 1 aromatic heterocycles. The highest BCUT2D eigenvalue weighted by molar-refractivity contribution is 7.21. The molecule has 0 aliphatic carbocycles. The van der Waals surface area contributed by atoms with Gasteiger partial charge in [0.1, 0.15) is 4.88 Å². The largest absolute Gasteiger partial charge is 0.378 e. The molecule has 5 nitrogen and oxygen atoms in total. The smallest absolute Gasteiger partial charge is 0.265 e. The number of halogens is 3. The van der Waals surface area contributed by atoms with Crippen LogP contribution in [0.15, 0.2) is 12.1 Å². The summed E-state index contributed by atoms with van der Waals surface area (Å²) in [5, 5.41) is 1.99. The summed E-state index contributed by atoms with van der Waals surface area (Å²) in [6, 6.07) is 3.39. The highest BCUT2D eigenvalue weighted by Crippen LogP contribution is 2.42. The highest BCUT2D eigenvalue weighted by atomic mass is 35.5. The molecule has 2 saturated heterocycles. The Morgan fingerprint density at radius 2 is 1.68 bits per heavy atom. The maximum Gasteiger partial charge on any atom is 0.265 e. The molecule has 28 heavy (non-hydrogen) atoms. The molecule has 0 atom stereocenters. The lowest BCUT2D eigenvalue weighted by Crippen LogP contribution is -2.47. The number of morpholine rings is 1. The van der Waals surface area contributed by atoms with Gasteiger partial charge in [-0.25, -0.2) is 0 Å². The van der Waals surface area contributed by atoms with Crippen LogP contribution in [0, 0.1) is 5.92 Å². The van der Waals surface area contributed by atoms with Gasteiger partial charge in [0.15, 0.2) is 0 Å². The van der Waals surface area contributed by atoms with Crippen LogP contribution in [0.25, 0.3) is 10.1 Å². The Bertz CT molecular complexity index is 919.